The highest BCUT2D eigenvalue weighted by Gasteiger charge is 2.31. The Morgan fingerprint density at radius 1 is 1.29 bits per heavy atom. The average Bonchev–Trinajstić information content (AvgIpc) is 2.75. The lowest BCUT2D eigenvalue weighted by molar-refractivity contribution is -0.137. The second kappa shape index (κ2) is 6.15. The summed E-state index contributed by atoms with van der Waals surface area (Å²) in [5.74, 6) is 0. The third kappa shape index (κ3) is 3.63. The van der Waals surface area contributed by atoms with Gasteiger partial charge in [0.1, 0.15) is 5.01 Å². The molecule has 0 aliphatic carbocycles. The molecule has 2 aromatic rings. The van der Waals surface area contributed by atoms with Crippen molar-refractivity contribution >= 4 is 11.3 Å². The Labute approximate surface area is 126 Å². The van der Waals surface area contributed by atoms with E-state index in [1.807, 2.05) is 20.8 Å². The summed E-state index contributed by atoms with van der Waals surface area (Å²) in [6.07, 6.45) is -4.33. The molecular weight excluding hydrogens is 297 g/mol. The lowest BCUT2D eigenvalue weighted by Gasteiger charge is -2.17. The van der Waals surface area contributed by atoms with Crippen LogP contribution in [-0.2, 0) is 6.18 Å². The summed E-state index contributed by atoms with van der Waals surface area (Å²) in [7, 11) is 0. The van der Waals surface area contributed by atoms with Crippen LogP contribution in [0.15, 0.2) is 24.3 Å². The van der Waals surface area contributed by atoms with Crippen LogP contribution in [0.3, 0.4) is 0 Å². The SMILES string of the molecule is CCNC(c1cccc(C(F)(F)F)c1)c1nc(C)c(C)s1. The molecular formula is C15H17F3N2S. The van der Waals surface area contributed by atoms with Crippen molar-refractivity contribution in [2.45, 2.75) is 33.0 Å². The minimum absolute atomic E-state index is 0.310. The molecule has 0 amide bonds. The normalized spacial score (nSPS) is 13.4. The van der Waals surface area contributed by atoms with E-state index < -0.39 is 11.7 Å². The minimum atomic E-state index is -4.33. The van der Waals surface area contributed by atoms with E-state index in [1.165, 1.54) is 23.5 Å². The zero-order valence-corrected chi connectivity index (χ0v) is 12.9. The van der Waals surface area contributed by atoms with Crippen LogP contribution in [-0.4, -0.2) is 11.5 Å². The Morgan fingerprint density at radius 2 is 2.00 bits per heavy atom. The fraction of sp³-hybridized carbons (Fsp3) is 0.400. The Kier molecular flexibility index (Phi) is 4.68. The van der Waals surface area contributed by atoms with E-state index in [-0.39, 0.29) is 6.04 Å². The van der Waals surface area contributed by atoms with Gasteiger partial charge in [-0.15, -0.1) is 11.3 Å². The summed E-state index contributed by atoms with van der Waals surface area (Å²) in [5, 5.41) is 4.01. The van der Waals surface area contributed by atoms with Crippen LogP contribution in [0.4, 0.5) is 13.2 Å². The monoisotopic (exact) mass is 314 g/mol. The fourth-order valence-corrected chi connectivity index (χ4v) is 3.09. The maximum absolute atomic E-state index is 12.9. The standard InChI is InChI=1S/C15H17F3N2S/c1-4-19-13(14-20-9(2)10(3)21-14)11-6-5-7-12(8-11)15(16,17)18/h5-8,13,19H,4H2,1-3H3. The maximum atomic E-state index is 12.9. The summed E-state index contributed by atoms with van der Waals surface area (Å²) < 4.78 is 38.6. The summed E-state index contributed by atoms with van der Waals surface area (Å²) in [5.41, 5.74) is 0.873. The van der Waals surface area contributed by atoms with Crippen molar-refractivity contribution in [2.24, 2.45) is 0 Å². The number of rotatable bonds is 4. The van der Waals surface area contributed by atoms with Gasteiger partial charge in [0.25, 0.3) is 0 Å². The molecule has 6 heteroatoms. The molecule has 2 rings (SSSR count). The second-order valence-corrected chi connectivity index (χ2v) is 6.04. The van der Waals surface area contributed by atoms with E-state index in [2.05, 4.69) is 10.3 Å². The van der Waals surface area contributed by atoms with Crippen molar-refractivity contribution in [2.75, 3.05) is 6.54 Å². The van der Waals surface area contributed by atoms with Crippen LogP contribution in [0.5, 0.6) is 0 Å². The van der Waals surface area contributed by atoms with Crippen molar-refractivity contribution in [1.29, 1.82) is 0 Å². The molecule has 0 radical (unpaired) electrons. The van der Waals surface area contributed by atoms with Gasteiger partial charge in [0, 0.05) is 4.88 Å². The smallest absolute Gasteiger partial charge is 0.305 e. The molecule has 1 heterocycles. The van der Waals surface area contributed by atoms with Crippen LogP contribution in [0.1, 0.15) is 39.7 Å². The summed E-state index contributed by atoms with van der Waals surface area (Å²) >= 11 is 1.52. The van der Waals surface area contributed by atoms with Crippen LogP contribution in [0.2, 0.25) is 0 Å². The first-order valence-corrected chi connectivity index (χ1v) is 7.49. The molecule has 0 aliphatic rings. The molecule has 114 valence electrons. The molecule has 1 aromatic heterocycles. The van der Waals surface area contributed by atoms with E-state index in [9.17, 15) is 13.2 Å². The first-order valence-electron chi connectivity index (χ1n) is 6.67. The van der Waals surface area contributed by atoms with Gasteiger partial charge in [0.2, 0.25) is 0 Å². The summed E-state index contributed by atoms with van der Waals surface area (Å²) in [6, 6.07) is 5.11. The Balaban J connectivity index is 2.43. The number of alkyl halides is 3. The molecule has 0 saturated heterocycles. The number of hydrogen-bond donors (Lipinski definition) is 1. The molecule has 1 unspecified atom stereocenters. The molecule has 0 aliphatic heterocycles. The van der Waals surface area contributed by atoms with E-state index in [0.717, 1.165) is 21.6 Å². The second-order valence-electron chi connectivity index (χ2n) is 4.81. The Bertz CT molecular complexity index is 600. The quantitative estimate of drug-likeness (QED) is 0.900. The fourth-order valence-electron chi connectivity index (χ4n) is 2.07. The molecule has 0 bridgehead atoms. The number of nitrogens with zero attached hydrogens (tertiary/aromatic N) is 1. The molecule has 1 aromatic carbocycles. The van der Waals surface area contributed by atoms with Gasteiger partial charge in [0.15, 0.2) is 0 Å². The number of benzene rings is 1. The first-order chi connectivity index (χ1) is 9.82. The van der Waals surface area contributed by atoms with Crippen LogP contribution in [0.25, 0.3) is 0 Å². The van der Waals surface area contributed by atoms with Crippen molar-refractivity contribution in [3.05, 3.63) is 51.0 Å². The zero-order valence-electron chi connectivity index (χ0n) is 12.1. The van der Waals surface area contributed by atoms with Gasteiger partial charge < -0.3 is 5.32 Å². The third-order valence-electron chi connectivity index (χ3n) is 3.25. The van der Waals surface area contributed by atoms with Crippen molar-refractivity contribution in [1.82, 2.24) is 10.3 Å². The number of halogens is 3. The van der Waals surface area contributed by atoms with Crippen molar-refractivity contribution < 1.29 is 13.2 Å². The van der Waals surface area contributed by atoms with E-state index >= 15 is 0 Å². The van der Waals surface area contributed by atoms with E-state index in [1.54, 1.807) is 6.07 Å². The predicted octanol–water partition coefficient (Wildman–Crippen LogP) is 4.48. The van der Waals surface area contributed by atoms with Gasteiger partial charge in [-0.2, -0.15) is 13.2 Å². The van der Waals surface area contributed by atoms with E-state index in [4.69, 9.17) is 0 Å². The van der Waals surface area contributed by atoms with Gasteiger partial charge in [0.05, 0.1) is 17.3 Å². The number of aryl methyl sites for hydroxylation is 2. The predicted molar refractivity (Wildman–Crippen MR) is 78.6 cm³/mol. The average molecular weight is 314 g/mol. The first kappa shape index (κ1) is 16.0. The number of nitrogens with one attached hydrogen (secondary N) is 1. The number of thiazole rings is 1. The molecule has 21 heavy (non-hydrogen) atoms. The lowest BCUT2D eigenvalue weighted by Crippen LogP contribution is -2.22. The lowest BCUT2D eigenvalue weighted by atomic mass is 10.0. The van der Waals surface area contributed by atoms with E-state index in [0.29, 0.717) is 12.1 Å². The summed E-state index contributed by atoms with van der Waals surface area (Å²) in [6.45, 7) is 6.45. The molecule has 1 atom stereocenters. The van der Waals surface area contributed by atoms with Crippen molar-refractivity contribution in [3.63, 3.8) is 0 Å². The highest BCUT2D eigenvalue weighted by Crippen LogP contribution is 2.33. The molecule has 0 fully saturated rings. The molecule has 1 N–H and O–H groups in total. The highest BCUT2D eigenvalue weighted by atomic mass is 32.1. The molecule has 0 spiro atoms. The summed E-state index contributed by atoms with van der Waals surface area (Å²) in [4.78, 5) is 5.56. The zero-order chi connectivity index (χ0) is 15.6. The highest BCUT2D eigenvalue weighted by molar-refractivity contribution is 7.11. The van der Waals surface area contributed by atoms with Crippen LogP contribution in [0, 0.1) is 13.8 Å². The van der Waals surface area contributed by atoms with Gasteiger partial charge >= 0.3 is 6.18 Å². The number of hydrogen-bond acceptors (Lipinski definition) is 3. The minimum Gasteiger partial charge on any atom is -0.305 e. The van der Waals surface area contributed by atoms with Crippen molar-refractivity contribution in [3.8, 4) is 0 Å². The van der Waals surface area contributed by atoms with Gasteiger partial charge in [-0.25, -0.2) is 4.98 Å². The van der Waals surface area contributed by atoms with Crippen LogP contribution >= 0.6 is 11.3 Å². The number of aromatic nitrogens is 1. The molecule has 0 saturated carbocycles. The van der Waals surface area contributed by atoms with Crippen LogP contribution < -0.4 is 5.32 Å². The topological polar surface area (TPSA) is 24.9 Å². The Morgan fingerprint density at radius 3 is 2.52 bits per heavy atom. The van der Waals surface area contributed by atoms with Gasteiger partial charge in [-0.05, 0) is 38.1 Å². The van der Waals surface area contributed by atoms with Gasteiger partial charge in [-0.3, -0.25) is 0 Å². The largest absolute Gasteiger partial charge is 0.416 e. The van der Waals surface area contributed by atoms with Gasteiger partial charge in [-0.1, -0.05) is 19.1 Å². The maximum Gasteiger partial charge on any atom is 0.416 e. The Hall–Kier alpha value is -1.40. The third-order valence-corrected chi connectivity index (χ3v) is 4.39. The molecule has 2 nitrogen and oxygen atoms in total.